The molecule has 1 amide bonds. The fourth-order valence-corrected chi connectivity index (χ4v) is 4.52. The lowest BCUT2D eigenvalue weighted by Gasteiger charge is -2.24. The molecule has 9 heteroatoms. The number of nitrogens with one attached hydrogen (secondary N) is 1. The first-order valence-corrected chi connectivity index (χ1v) is 11.6. The van der Waals surface area contributed by atoms with Gasteiger partial charge >= 0.3 is 5.97 Å². The number of fused-ring (bicyclic) bond motifs is 3. The Bertz CT molecular complexity index is 1210. The quantitative estimate of drug-likeness (QED) is 0.546. The van der Waals surface area contributed by atoms with Gasteiger partial charge in [0.05, 0.1) is 29.4 Å². The SMILES string of the molecule is COc1cc2c(cc1NC(=O)[C@H](C)N)-c1c(-c3cccs3)nc(C(=O)OC(C)(C)C)n1CC2. The molecule has 3 heterocycles. The predicted octanol–water partition coefficient (Wildman–Crippen LogP) is 4.08. The van der Waals surface area contributed by atoms with E-state index in [9.17, 15) is 9.59 Å². The van der Waals surface area contributed by atoms with Crippen molar-refractivity contribution in [1.29, 1.82) is 0 Å². The molecule has 1 aliphatic heterocycles. The number of amides is 1. The van der Waals surface area contributed by atoms with Gasteiger partial charge < -0.3 is 25.1 Å². The summed E-state index contributed by atoms with van der Waals surface area (Å²) in [5.41, 5.74) is 9.09. The molecule has 0 fully saturated rings. The van der Waals surface area contributed by atoms with Gasteiger partial charge in [0.2, 0.25) is 11.7 Å². The van der Waals surface area contributed by atoms with Crippen LogP contribution in [0.2, 0.25) is 0 Å². The van der Waals surface area contributed by atoms with Gasteiger partial charge in [-0.15, -0.1) is 11.3 Å². The minimum atomic E-state index is -0.670. The Balaban J connectivity index is 1.90. The fourth-order valence-electron chi connectivity index (χ4n) is 3.80. The van der Waals surface area contributed by atoms with Crippen molar-refractivity contribution in [3.63, 3.8) is 0 Å². The normalized spacial score (nSPS) is 13.6. The molecule has 0 radical (unpaired) electrons. The summed E-state index contributed by atoms with van der Waals surface area (Å²) in [6.07, 6.45) is 0.677. The van der Waals surface area contributed by atoms with E-state index < -0.39 is 17.6 Å². The molecule has 0 aliphatic carbocycles. The molecule has 3 N–H and O–H groups in total. The first-order valence-electron chi connectivity index (χ1n) is 10.7. The lowest BCUT2D eigenvalue weighted by molar-refractivity contribution is -0.117. The Morgan fingerprint density at radius 2 is 2.06 bits per heavy atom. The van der Waals surface area contributed by atoms with Gasteiger partial charge in [-0.2, -0.15) is 0 Å². The third-order valence-corrected chi connectivity index (χ3v) is 6.14. The molecule has 0 spiro atoms. The summed E-state index contributed by atoms with van der Waals surface area (Å²) in [7, 11) is 1.56. The first kappa shape index (κ1) is 23.0. The average molecular weight is 469 g/mol. The number of thiophene rings is 1. The maximum atomic E-state index is 13.0. The number of methoxy groups -OCH3 is 1. The number of anilines is 1. The van der Waals surface area contributed by atoms with E-state index >= 15 is 0 Å². The van der Waals surface area contributed by atoms with Crippen LogP contribution >= 0.6 is 11.3 Å². The second-order valence-electron chi connectivity index (χ2n) is 9.00. The molecule has 0 saturated carbocycles. The van der Waals surface area contributed by atoms with Crippen molar-refractivity contribution in [2.75, 3.05) is 12.4 Å². The van der Waals surface area contributed by atoms with Gasteiger partial charge in [-0.25, -0.2) is 9.78 Å². The maximum Gasteiger partial charge on any atom is 0.375 e. The number of carbonyl (C=O) groups is 2. The number of ether oxygens (including phenoxy) is 2. The van der Waals surface area contributed by atoms with Crippen LogP contribution in [0.3, 0.4) is 0 Å². The Hall–Kier alpha value is -3.17. The minimum Gasteiger partial charge on any atom is -0.495 e. The molecule has 4 rings (SSSR count). The molecule has 0 unspecified atom stereocenters. The molecular formula is C24H28N4O4S. The summed E-state index contributed by atoms with van der Waals surface area (Å²) in [5.74, 6) is 0.0474. The lowest BCUT2D eigenvalue weighted by Crippen LogP contribution is -2.32. The van der Waals surface area contributed by atoms with Gasteiger partial charge in [-0.1, -0.05) is 6.07 Å². The van der Waals surface area contributed by atoms with Gasteiger partial charge in [0, 0.05) is 12.1 Å². The topological polar surface area (TPSA) is 108 Å². The number of benzene rings is 1. The highest BCUT2D eigenvalue weighted by Crippen LogP contribution is 2.43. The molecule has 1 atom stereocenters. The fraction of sp³-hybridized carbons (Fsp3) is 0.375. The van der Waals surface area contributed by atoms with E-state index in [-0.39, 0.29) is 11.7 Å². The maximum absolute atomic E-state index is 13.0. The molecule has 0 bridgehead atoms. The smallest absolute Gasteiger partial charge is 0.375 e. The molecule has 33 heavy (non-hydrogen) atoms. The number of rotatable bonds is 5. The van der Waals surface area contributed by atoms with Crippen molar-refractivity contribution in [3.05, 3.63) is 41.0 Å². The zero-order valence-electron chi connectivity index (χ0n) is 19.4. The van der Waals surface area contributed by atoms with E-state index in [1.807, 2.05) is 55.0 Å². The monoisotopic (exact) mass is 468 g/mol. The largest absolute Gasteiger partial charge is 0.495 e. The van der Waals surface area contributed by atoms with Crippen LogP contribution in [0.5, 0.6) is 5.75 Å². The van der Waals surface area contributed by atoms with Crippen molar-refractivity contribution in [1.82, 2.24) is 9.55 Å². The second-order valence-corrected chi connectivity index (χ2v) is 9.95. The summed E-state index contributed by atoms with van der Waals surface area (Å²) < 4.78 is 13.1. The van der Waals surface area contributed by atoms with Gasteiger partial charge in [-0.3, -0.25) is 4.79 Å². The van der Waals surface area contributed by atoms with Crippen molar-refractivity contribution in [2.24, 2.45) is 5.73 Å². The summed E-state index contributed by atoms with van der Waals surface area (Å²) in [6, 6.07) is 7.05. The Morgan fingerprint density at radius 1 is 1.30 bits per heavy atom. The molecular weight excluding hydrogens is 440 g/mol. The standard InChI is InChI=1S/C24H28N4O4S/c1-13(25)22(29)26-16-12-15-14(11-17(16)31-5)8-9-28-20(15)19(18-7-6-10-33-18)27-21(28)23(30)32-24(2,3)4/h6-7,10-13H,8-9,25H2,1-5H3,(H,26,29)/t13-/m0/s1. The molecule has 8 nitrogen and oxygen atoms in total. The summed E-state index contributed by atoms with van der Waals surface area (Å²) in [6.45, 7) is 7.70. The lowest BCUT2D eigenvalue weighted by atomic mass is 9.95. The van der Waals surface area contributed by atoms with E-state index in [0.717, 1.165) is 21.7 Å². The number of nitrogens with two attached hydrogens (primary N) is 1. The van der Waals surface area contributed by atoms with Crippen LogP contribution in [0.25, 0.3) is 21.8 Å². The van der Waals surface area contributed by atoms with Gasteiger partial charge in [-0.05, 0) is 63.3 Å². The van der Waals surface area contributed by atoms with Crippen LogP contribution in [0.4, 0.5) is 5.69 Å². The molecule has 0 saturated heterocycles. The third kappa shape index (κ3) is 4.51. The van der Waals surface area contributed by atoms with Gasteiger partial charge in [0.1, 0.15) is 17.0 Å². The molecule has 1 aliphatic rings. The summed E-state index contributed by atoms with van der Waals surface area (Å²) in [5, 5.41) is 4.82. The van der Waals surface area contributed by atoms with Crippen LogP contribution in [0.15, 0.2) is 29.6 Å². The van der Waals surface area contributed by atoms with Crippen LogP contribution in [-0.2, 0) is 22.5 Å². The second kappa shape index (κ2) is 8.64. The number of aryl methyl sites for hydroxylation is 1. The van der Waals surface area contributed by atoms with Crippen molar-refractivity contribution >= 4 is 28.9 Å². The number of carbonyl (C=O) groups excluding carboxylic acids is 2. The zero-order chi connectivity index (χ0) is 23.9. The van der Waals surface area contributed by atoms with E-state index in [0.29, 0.717) is 30.1 Å². The van der Waals surface area contributed by atoms with Gasteiger partial charge in [0.25, 0.3) is 0 Å². The molecule has 2 aromatic heterocycles. The predicted molar refractivity (Wildman–Crippen MR) is 129 cm³/mol. The highest BCUT2D eigenvalue weighted by Gasteiger charge is 2.32. The summed E-state index contributed by atoms with van der Waals surface area (Å²) in [4.78, 5) is 31.0. The van der Waals surface area contributed by atoms with E-state index in [1.165, 1.54) is 0 Å². The summed E-state index contributed by atoms with van der Waals surface area (Å²) >= 11 is 1.55. The van der Waals surface area contributed by atoms with Crippen molar-refractivity contribution in [2.45, 2.75) is 52.3 Å². The molecule has 1 aromatic carbocycles. The van der Waals surface area contributed by atoms with Crippen molar-refractivity contribution in [3.8, 4) is 27.6 Å². The van der Waals surface area contributed by atoms with Crippen molar-refractivity contribution < 1.29 is 19.1 Å². The molecule has 3 aromatic rings. The zero-order valence-corrected chi connectivity index (χ0v) is 20.2. The highest BCUT2D eigenvalue weighted by molar-refractivity contribution is 7.13. The number of esters is 1. The highest BCUT2D eigenvalue weighted by atomic mass is 32.1. The average Bonchev–Trinajstić information content (AvgIpc) is 3.39. The van der Waals surface area contributed by atoms with Crippen LogP contribution in [0, 0.1) is 0 Å². The number of hydrogen-bond donors (Lipinski definition) is 2. The first-order chi connectivity index (χ1) is 15.6. The van der Waals surface area contributed by atoms with Crippen LogP contribution in [0.1, 0.15) is 43.9 Å². The van der Waals surface area contributed by atoms with E-state index in [2.05, 4.69) is 5.32 Å². The third-order valence-electron chi connectivity index (χ3n) is 5.26. The Kier molecular flexibility index (Phi) is 6.02. The van der Waals surface area contributed by atoms with Gasteiger partial charge in [0.15, 0.2) is 0 Å². The molecule has 174 valence electrons. The number of nitrogens with zero attached hydrogens (tertiary/aromatic N) is 2. The number of imidazole rings is 1. The number of hydrogen-bond acceptors (Lipinski definition) is 7. The Morgan fingerprint density at radius 3 is 2.67 bits per heavy atom. The Labute approximate surface area is 196 Å². The van der Waals surface area contributed by atoms with E-state index in [4.69, 9.17) is 20.2 Å². The number of aromatic nitrogens is 2. The van der Waals surface area contributed by atoms with E-state index in [1.54, 1.807) is 25.4 Å². The van der Waals surface area contributed by atoms with Crippen LogP contribution in [-0.4, -0.2) is 40.2 Å². The minimum absolute atomic E-state index is 0.269. The van der Waals surface area contributed by atoms with Crippen LogP contribution < -0.4 is 15.8 Å².